The molecule has 0 spiro atoms. The molecule has 0 bridgehead atoms. The second-order valence-corrected chi connectivity index (χ2v) is 4.24. The summed E-state index contributed by atoms with van der Waals surface area (Å²) in [7, 11) is 0. The van der Waals surface area contributed by atoms with E-state index in [0.29, 0.717) is 0 Å². The molecule has 2 atom stereocenters. The largest absolute Gasteiger partial charge is 0.508 e. The number of amides is 2. The van der Waals surface area contributed by atoms with Crippen molar-refractivity contribution in [2.24, 2.45) is 0 Å². The first-order valence-corrected chi connectivity index (χ1v) is 5.89. The molecule has 4 heteroatoms. The van der Waals surface area contributed by atoms with Gasteiger partial charge in [0, 0.05) is 6.04 Å². The zero-order chi connectivity index (χ0) is 12.8. The number of aromatic hydroxyl groups is 1. The summed E-state index contributed by atoms with van der Waals surface area (Å²) in [6, 6.07) is 6.72. The number of carbonyl (C=O) groups is 1. The van der Waals surface area contributed by atoms with E-state index < -0.39 is 0 Å². The SMILES string of the molecule is CC[C@@H](C)NC(=O)N[C@@H](C)c1cccc(O)c1. The Morgan fingerprint density at radius 2 is 2.06 bits per heavy atom. The van der Waals surface area contributed by atoms with Crippen LogP contribution < -0.4 is 10.6 Å². The Morgan fingerprint density at radius 1 is 1.35 bits per heavy atom. The number of phenols is 1. The van der Waals surface area contributed by atoms with Crippen LogP contribution in [0, 0.1) is 0 Å². The smallest absolute Gasteiger partial charge is 0.315 e. The quantitative estimate of drug-likeness (QED) is 0.752. The Balaban J connectivity index is 2.54. The van der Waals surface area contributed by atoms with E-state index in [4.69, 9.17) is 0 Å². The van der Waals surface area contributed by atoms with Gasteiger partial charge in [0.1, 0.15) is 5.75 Å². The van der Waals surface area contributed by atoms with Crippen molar-refractivity contribution in [3.8, 4) is 5.75 Å². The number of phenolic OH excluding ortho intramolecular Hbond substituents is 1. The van der Waals surface area contributed by atoms with Crippen LogP contribution in [0.2, 0.25) is 0 Å². The van der Waals surface area contributed by atoms with Gasteiger partial charge in [-0.3, -0.25) is 0 Å². The van der Waals surface area contributed by atoms with Crippen LogP contribution in [0.4, 0.5) is 4.79 Å². The molecule has 0 fully saturated rings. The number of nitrogens with one attached hydrogen (secondary N) is 2. The van der Waals surface area contributed by atoms with Crippen LogP contribution in [0.15, 0.2) is 24.3 Å². The van der Waals surface area contributed by atoms with Gasteiger partial charge >= 0.3 is 6.03 Å². The Kier molecular flexibility index (Phi) is 4.82. The second kappa shape index (κ2) is 6.13. The molecule has 4 nitrogen and oxygen atoms in total. The molecule has 0 aliphatic carbocycles. The average Bonchev–Trinajstić information content (AvgIpc) is 2.28. The zero-order valence-electron chi connectivity index (χ0n) is 10.5. The number of rotatable bonds is 4. The lowest BCUT2D eigenvalue weighted by Crippen LogP contribution is -2.41. The van der Waals surface area contributed by atoms with Gasteiger partial charge in [-0.25, -0.2) is 4.79 Å². The van der Waals surface area contributed by atoms with Gasteiger partial charge in [0.05, 0.1) is 6.04 Å². The molecule has 0 radical (unpaired) electrons. The molecule has 0 saturated carbocycles. The van der Waals surface area contributed by atoms with E-state index in [2.05, 4.69) is 10.6 Å². The van der Waals surface area contributed by atoms with E-state index >= 15 is 0 Å². The third kappa shape index (κ3) is 4.34. The monoisotopic (exact) mass is 236 g/mol. The van der Waals surface area contributed by atoms with Gasteiger partial charge in [0.15, 0.2) is 0 Å². The van der Waals surface area contributed by atoms with Crippen LogP contribution in [-0.2, 0) is 0 Å². The topological polar surface area (TPSA) is 61.4 Å². The predicted octanol–water partition coefficient (Wildman–Crippen LogP) is 2.55. The maximum absolute atomic E-state index is 11.6. The van der Waals surface area contributed by atoms with Crippen molar-refractivity contribution in [2.45, 2.75) is 39.3 Å². The van der Waals surface area contributed by atoms with Crippen LogP contribution >= 0.6 is 0 Å². The van der Waals surface area contributed by atoms with Crippen molar-refractivity contribution in [3.63, 3.8) is 0 Å². The number of hydrogen-bond acceptors (Lipinski definition) is 2. The lowest BCUT2D eigenvalue weighted by Gasteiger charge is -2.17. The first-order valence-electron chi connectivity index (χ1n) is 5.89. The second-order valence-electron chi connectivity index (χ2n) is 4.24. The van der Waals surface area contributed by atoms with Crippen molar-refractivity contribution in [1.29, 1.82) is 0 Å². The molecule has 1 aromatic carbocycles. The fourth-order valence-electron chi connectivity index (χ4n) is 1.44. The molecule has 0 aliphatic rings. The van der Waals surface area contributed by atoms with Crippen LogP contribution in [0.3, 0.4) is 0 Å². The molecule has 2 amide bonds. The zero-order valence-corrected chi connectivity index (χ0v) is 10.5. The lowest BCUT2D eigenvalue weighted by molar-refractivity contribution is 0.234. The minimum Gasteiger partial charge on any atom is -0.508 e. The average molecular weight is 236 g/mol. The fraction of sp³-hybridized carbons (Fsp3) is 0.462. The molecule has 17 heavy (non-hydrogen) atoms. The number of hydrogen-bond donors (Lipinski definition) is 3. The Labute approximate surface area is 102 Å². The molecule has 0 unspecified atom stereocenters. The highest BCUT2D eigenvalue weighted by Crippen LogP contribution is 2.17. The Bertz CT molecular complexity index is 379. The first-order chi connectivity index (χ1) is 8.02. The number of carbonyl (C=O) groups excluding carboxylic acids is 1. The summed E-state index contributed by atoms with van der Waals surface area (Å²) in [5.74, 6) is 0.207. The summed E-state index contributed by atoms with van der Waals surface area (Å²) < 4.78 is 0. The highest BCUT2D eigenvalue weighted by atomic mass is 16.3. The molecule has 0 aliphatic heterocycles. The highest BCUT2D eigenvalue weighted by molar-refractivity contribution is 5.74. The van der Waals surface area contributed by atoms with Crippen molar-refractivity contribution >= 4 is 6.03 Å². The van der Waals surface area contributed by atoms with Gasteiger partial charge in [-0.15, -0.1) is 0 Å². The molecule has 0 saturated heterocycles. The molecule has 94 valence electrons. The minimum atomic E-state index is -0.185. The van der Waals surface area contributed by atoms with E-state index in [1.54, 1.807) is 18.2 Å². The van der Waals surface area contributed by atoms with Gasteiger partial charge in [-0.2, -0.15) is 0 Å². The van der Waals surface area contributed by atoms with Gasteiger partial charge in [-0.05, 0) is 38.0 Å². The Hall–Kier alpha value is -1.71. The molecule has 1 aromatic rings. The number of benzene rings is 1. The molecule has 3 N–H and O–H groups in total. The molecule has 0 aromatic heterocycles. The van der Waals surface area contributed by atoms with Gasteiger partial charge in [-0.1, -0.05) is 19.1 Å². The highest BCUT2D eigenvalue weighted by Gasteiger charge is 2.10. The summed E-state index contributed by atoms with van der Waals surface area (Å²) >= 11 is 0. The van der Waals surface area contributed by atoms with Crippen molar-refractivity contribution in [3.05, 3.63) is 29.8 Å². The van der Waals surface area contributed by atoms with E-state index in [0.717, 1.165) is 12.0 Å². The molecule has 1 rings (SSSR count). The van der Waals surface area contributed by atoms with Gasteiger partial charge in [0.2, 0.25) is 0 Å². The van der Waals surface area contributed by atoms with E-state index in [1.807, 2.05) is 26.8 Å². The fourth-order valence-corrected chi connectivity index (χ4v) is 1.44. The minimum absolute atomic E-state index is 0.133. The third-order valence-corrected chi connectivity index (χ3v) is 2.71. The van der Waals surface area contributed by atoms with Crippen LogP contribution in [0.1, 0.15) is 38.8 Å². The summed E-state index contributed by atoms with van der Waals surface area (Å²) in [5.41, 5.74) is 0.879. The van der Waals surface area contributed by atoms with Crippen molar-refractivity contribution in [1.82, 2.24) is 10.6 Å². The normalized spacial score (nSPS) is 13.8. The molecular formula is C13H20N2O2. The molecular weight excluding hydrogens is 216 g/mol. The van der Waals surface area contributed by atoms with Crippen LogP contribution in [0.5, 0.6) is 5.75 Å². The standard InChI is InChI=1S/C13H20N2O2/c1-4-9(2)14-13(17)15-10(3)11-6-5-7-12(16)8-11/h5-10,16H,4H2,1-3H3,(H2,14,15,17)/t9-,10+/m1/s1. The van der Waals surface area contributed by atoms with Gasteiger partial charge in [0.25, 0.3) is 0 Å². The van der Waals surface area contributed by atoms with Crippen LogP contribution in [0.25, 0.3) is 0 Å². The lowest BCUT2D eigenvalue weighted by atomic mass is 10.1. The maximum Gasteiger partial charge on any atom is 0.315 e. The predicted molar refractivity (Wildman–Crippen MR) is 67.9 cm³/mol. The summed E-state index contributed by atoms with van der Waals surface area (Å²) in [6.07, 6.45) is 0.897. The Morgan fingerprint density at radius 3 is 2.65 bits per heavy atom. The van der Waals surface area contributed by atoms with E-state index in [-0.39, 0.29) is 23.9 Å². The maximum atomic E-state index is 11.6. The van der Waals surface area contributed by atoms with Crippen molar-refractivity contribution < 1.29 is 9.90 Å². The van der Waals surface area contributed by atoms with Gasteiger partial charge < -0.3 is 15.7 Å². The van der Waals surface area contributed by atoms with E-state index in [1.165, 1.54) is 0 Å². The summed E-state index contributed by atoms with van der Waals surface area (Å²) in [6.45, 7) is 5.85. The van der Waals surface area contributed by atoms with E-state index in [9.17, 15) is 9.90 Å². The first kappa shape index (κ1) is 13.4. The van der Waals surface area contributed by atoms with Crippen molar-refractivity contribution in [2.75, 3.05) is 0 Å². The third-order valence-electron chi connectivity index (χ3n) is 2.71. The summed E-state index contributed by atoms with van der Waals surface area (Å²) in [4.78, 5) is 11.6. The summed E-state index contributed by atoms with van der Waals surface area (Å²) in [5, 5.41) is 15.0. The van der Waals surface area contributed by atoms with Crippen LogP contribution in [-0.4, -0.2) is 17.2 Å². The molecule has 0 heterocycles. The number of urea groups is 1.